The normalized spacial score (nSPS) is 19.2. The third kappa shape index (κ3) is 1.32. The molecule has 0 atom stereocenters. The Hall–Kier alpha value is -0.960. The van der Waals surface area contributed by atoms with Crippen LogP contribution >= 0.6 is 11.8 Å². The second kappa shape index (κ2) is 3.19. The van der Waals surface area contributed by atoms with E-state index in [1.165, 1.54) is 10.5 Å². The minimum absolute atomic E-state index is 0.791. The number of fused-ring (bicyclic) bond motifs is 1. The number of thioether (sulfide) groups is 1. The van der Waals surface area contributed by atoms with Gasteiger partial charge in [0.15, 0.2) is 0 Å². The summed E-state index contributed by atoms with van der Waals surface area (Å²) < 4.78 is 0. The summed E-state index contributed by atoms with van der Waals surface area (Å²) in [7, 11) is 0. The Labute approximate surface area is 75.3 Å². The molecule has 1 heterocycles. The van der Waals surface area contributed by atoms with Crippen molar-refractivity contribution in [1.29, 1.82) is 0 Å². The molecule has 0 saturated heterocycles. The zero-order valence-corrected chi connectivity index (χ0v) is 7.34. The Balaban J connectivity index is 2.35. The Kier molecular flexibility index (Phi) is 2.04. The summed E-state index contributed by atoms with van der Waals surface area (Å²) in [6, 6.07) is 8.23. The number of nitrogens with zero attached hydrogens (tertiary/aromatic N) is 1. The number of oxime groups is 1. The van der Waals surface area contributed by atoms with E-state index in [0.29, 0.717) is 0 Å². The summed E-state index contributed by atoms with van der Waals surface area (Å²) in [5, 5.41) is 11.8. The second-order valence-corrected chi connectivity index (χ2v) is 3.76. The maximum Gasteiger partial charge on any atom is 0.0717 e. The van der Waals surface area contributed by atoms with E-state index in [9.17, 15) is 0 Å². The molecule has 12 heavy (non-hydrogen) atoms. The molecule has 62 valence electrons. The highest BCUT2D eigenvalue weighted by atomic mass is 32.2. The van der Waals surface area contributed by atoms with Crippen LogP contribution in [0.15, 0.2) is 34.3 Å². The van der Waals surface area contributed by atoms with Crippen LogP contribution in [-0.2, 0) is 6.42 Å². The monoisotopic (exact) mass is 179 g/mol. The Morgan fingerprint density at radius 3 is 3.00 bits per heavy atom. The zero-order valence-electron chi connectivity index (χ0n) is 6.53. The molecule has 0 aliphatic carbocycles. The number of hydrogen-bond acceptors (Lipinski definition) is 3. The molecule has 2 rings (SSSR count). The van der Waals surface area contributed by atoms with E-state index >= 15 is 0 Å². The van der Waals surface area contributed by atoms with Crippen LogP contribution in [0, 0.1) is 0 Å². The van der Waals surface area contributed by atoms with Crippen LogP contribution in [0.5, 0.6) is 0 Å². The summed E-state index contributed by atoms with van der Waals surface area (Å²) in [6.07, 6.45) is 0.791. The lowest BCUT2D eigenvalue weighted by Gasteiger charge is -2.14. The highest BCUT2D eigenvalue weighted by Gasteiger charge is 2.13. The average Bonchev–Trinajstić information content (AvgIpc) is 2.17. The minimum atomic E-state index is 0.791. The SMILES string of the molecule is O/N=C1\CSc2ccccc2C1. The van der Waals surface area contributed by atoms with Gasteiger partial charge in [-0.25, -0.2) is 0 Å². The molecule has 0 fully saturated rings. The predicted molar refractivity (Wildman–Crippen MR) is 50.1 cm³/mol. The van der Waals surface area contributed by atoms with Gasteiger partial charge in [0, 0.05) is 17.1 Å². The average molecular weight is 179 g/mol. The summed E-state index contributed by atoms with van der Waals surface area (Å²) in [5.74, 6) is 0.813. The van der Waals surface area contributed by atoms with Gasteiger partial charge in [0.2, 0.25) is 0 Å². The lowest BCUT2D eigenvalue weighted by Crippen LogP contribution is -2.12. The molecular formula is C9H9NOS. The molecule has 0 amide bonds. The lowest BCUT2D eigenvalue weighted by molar-refractivity contribution is 0.318. The quantitative estimate of drug-likeness (QED) is 0.489. The largest absolute Gasteiger partial charge is 0.411 e. The summed E-state index contributed by atoms with van der Waals surface area (Å²) in [4.78, 5) is 1.31. The summed E-state index contributed by atoms with van der Waals surface area (Å²) >= 11 is 1.73. The van der Waals surface area contributed by atoms with Crippen LogP contribution in [0.3, 0.4) is 0 Å². The fourth-order valence-corrected chi connectivity index (χ4v) is 2.27. The Bertz CT molecular complexity index is 322. The summed E-state index contributed by atoms with van der Waals surface area (Å²) in [5.41, 5.74) is 2.13. The highest BCUT2D eigenvalue weighted by Crippen LogP contribution is 2.28. The van der Waals surface area contributed by atoms with Crippen LogP contribution in [-0.4, -0.2) is 16.7 Å². The molecule has 1 aliphatic heterocycles. The smallest absolute Gasteiger partial charge is 0.0717 e. The van der Waals surface area contributed by atoms with Crippen LogP contribution in [0.1, 0.15) is 5.56 Å². The van der Waals surface area contributed by atoms with Gasteiger partial charge in [-0.3, -0.25) is 0 Å². The fourth-order valence-electron chi connectivity index (χ4n) is 1.29. The molecule has 1 aliphatic rings. The maximum absolute atomic E-state index is 8.59. The van der Waals surface area contributed by atoms with Crippen molar-refractivity contribution in [2.24, 2.45) is 5.16 Å². The first-order chi connectivity index (χ1) is 5.90. The molecule has 2 nitrogen and oxygen atoms in total. The minimum Gasteiger partial charge on any atom is -0.411 e. The van der Waals surface area contributed by atoms with Gasteiger partial charge >= 0.3 is 0 Å². The number of benzene rings is 1. The molecular weight excluding hydrogens is 170 g/mol. The van der Waals surface area contributed by atoms with Crippen molar-refractivity contribution >= 4 is 17.5 Å². The third-order valence-electron chi connectivity index (χ3n) is 1.90. The molecule has 3 heteroatoms. The first-order valence-corrected chi connectivity index (χ1v) is 4.79. The molecule has 0 spiro atoms. The van der Waals surface area contributed by atoms with Gasteiger partial charge in [0.1, 0.15) is 0 Å². The van der Waals surface area contributed by atoms with Gasteiger partial charge in [-0.15, -0.1) is 11.8 Å². The van der Waals surface area contributed by atoms with Crippen molar-refractivity contribution in [2.75, 3.05) is 5.75 Å². The fraction of sp³-hybridized carbons (Fsp3) is 0.222. The van der Waals surface area contributed by atoms with Crippen LogP contribution in [0.25, 0.3) is 0 Å². The number of hydrogen-bond donors (Lipinski definition) is 1. The van der Waals surface area contributed by atoms with Crippen LogP contribution in [0.4, 0.5) is 0 Å². The number of rotatable bonds is 0. The Morgan fingerprint density at radius 2 is 2.17 bits per heavy atom. The molecule has 1 aromatic carbocycles. The van der Waals surface area contributed by atoms with Gasteiger partial charge in [0.05, 0.1) is 5.71 Å². The Morgan fingerprint density at radius 1 is 1.33 bits per heavy atom. The van der Waals surface area contributed by atoms with Crippen molar-refractivity contribution in [3.05, 3.63) is 29.8 Å². The molecule has 0 aromatic heterocycles. The van der Waals surface area contributed by atoms with E-state index < -0.39 is 0 Å². The molecule has 0 unspecified atom stereocenters. The maximum atomic E-state index is 8.59. The van der Waals surface area contributed by atoms with E-state index in [2.05, 4.69) is 17.3 Å². The van der Waals surface area contributed by atoms with Crippen molar-refractivity contribution in [3.8, 4) is 0 Å². The molecule has 1 N–H and O–H groups in total. The molecule has 0 radical (unpaired) electrons. The van der Waals surface area contributed by atoms with E-state index in [-0.39, 0.29) is 0 Å². The van der Waals surface area contributed by atoms with Gasteiger partial charge < -0.3 is 5.21 Å². The zero-order chi connectivity index (χ0) is 8.39. The standard InChI is InChI=1S/C9H9NOS/c11-10-8-5-7-3-1-2-4-9(7)12-6-8/h1-4,11H,5-6H2/b10-8-. The summed E-state index contributed by atoms with van der Waals surface area (Å²) in [6.45, 7) is 0. The third-order valence-corrected chi connectivity index (χ3v) is 3.09. The van der Waals surface area contributed by atoms with Crippen molar-refractivity contribution in [1.82, 2.24) is 0 Å². The second-order valence-electron chi connectivity index (χ2n) is 2.74. The van der Waals surface area contributed by atoms with Crippen molar-refractivity contribution in [3.63, 3.8) is 0 Å². The van der Waals surface area contributed by atoms with Gasteiger partial charge in [0.25, 0.3) is 0 Å². The van der Waals surface area contributed by atoms with E-state index in [1.807, 2.05) is 12.1 Å². The van der Waals surface area contributed by atoms with Gasteiger partial charge in [-0.05, 0) is 11.6 Å². The van der Waals surface area contributed by atoms with E-state index in [0.717, 1.165) is 17.9 Å². The van der Waals surface area contributed by atoms with Crippen molar-refractivity contribution in [2.45, 2.75) is 11.3 Å². The van der Waals surface area contributed by atoms with Gasteiger partial charge in [-0.1, -0.05) is 23.4 Å². The first kappa shape index (κ1) is 7.68. The molecule has 1 aromatic rings. The van der Waals surface area contributed by atoms with E-state index in [4.69, 9.17) is 5.21 Å². The molecule has 0 bridgehead atoms. The predicted octanol–water partition coefficient (Wildman–Crippen LogP) is 2.17. The van der Waals surface area contributed by atoms with Crippen molar-refractivity contribution < 1.29 is 5.21 Å². The van der Waals surface area contributed by atoms with Crippen LogP contribution < -0.4 is 0 Å². The topological polar surface area (TPSA) is 32.6 Å². The van der Waals surface area contributed by atoms with Crippen LogP contribution in [0.2, 0.25) is 0 Å². The first-order valence-electron chi connectivity index (χ1n) is 3.80. The highest BCUT2D eigenvalue weighted by molar-refractivity contribution is 8.00. The van der Waals surface area contributed by atoms with E-state index in [1.54, 1.807) is 11.8 Å². The van der Waals surface area contributed by atoms with Gasteiger partial charge in [-0.2, -0.15) is 0 Å². The molecule has 0 saturated carbocycles. The lowest BCUT2D eigenvalue weighted by atomic mass is 10.1.